The predicted octanol–water partition coefficient (Wildman–Crippen LogP) is 3.60. The maximum atomic E-state index is 12.2. The van der Waals surface area contributed by atoms with Gasteiger partial charge < -0.3 is 14.2 Å². The van der Waals surface area contributed by atoms with Crippen LogP contribution in [0.25, 0.3) is 0 Å². The number of hydrogen-bond donors (Lipinski definition) is 1. The number of carbonyl (C=O) groups excluding carboxylic acids is 1. The van der Waals surface area contributed by atoms with Crippen molar-refractivity contribution in [3.8, 4) is 17.2 Å². The summed E-state index contributed by atoms with van der Waals surface area (Å²) in [5.41, 5.74) is 5.26. The summed E-state index contributed by atoms with van der Waals surface area (Å²) in [5, 5.41) is 4.38. The number of nitrogens with one attached hydrogen (secondary N) is 1. The minimum atomic E-state index is -0.687. The number of carbonyl (C=O) groups is 1. The van der Waals surface area contributed by atoms with Crippen LogP contribution in [0, 0.1) is 13.8 Å². The number of hydrazone groups is 1. The molecule has 0 saturated heterocycles. The topological polar surface area (TPSA) is 69.2 Å². The Labute approximate surface area is 156 Å². The molecule has 1 aliphatic rings. The molecule has 0 radical (unpaired) electrons. The fourth-order valence-corrected chi connectivity index (χ4v) is 2.69. The molecule has 26 heavy (non-hydrogen) atoms. The molecule has 1 amide bonds. The first-order valence-electron chi connectivity index (χ1n) is 8.10. The molecule has 1 atom stereocenters. The smallest absolute Gasteiger partial charge is 0.280 e. The van der Waals surface area contributed by atoms with Crippen molar-refractivity contribution in [3.63, 3.8) is 0 Å². The molecule has 1 N–H and O–H groups in total. The standard InChI is InChI=1S/C19H19ClN2O4/c1-11-5-4-6-16(12(11)2)26-13(3)19(23)22-21-9-14-7-15(20)18-17(8-14)24-10-25-18/h4-9,13H,10H2,1-3H3,(H,22,23)/b21-9-/t13-/m0/s1. The summed E-state index contributed by atoms with van der Waals surface area (Å²) < 4.78 is 16.3. The van der Waals surface area contributed by atoms with E-state index in [9.17, 15) is 4.79 Å². The molecule has 2 aromatic rings. The number of aryl methyl sites for hydroxylation is 1. The van der Waals surface area contributed by atoms with Gasteiger partial charge in [0, 0.05) is 0 Å². The first-order chi connectivity index (χ1) is 12.5. The Morgan fingerprint density at radius 1 is 1.35 bits per heavy atom. The Balaban J connectivity index is 1.60. The zero-order valence-corrected chi connectivity index (χ0v) is 15.5. The summed E-state index contributed by atoms with van der Waals surface area (Å²) in [6.45, 7) is 5.76. The van der Waals surface area contributed by atoms with Gasteiger partial charge in [0.05, 0.1) is 11.2 Å². The highest BCUT2D eigenvalue weighted by Crippen LogP contribution is 2.39. The number of ether oxygens (including phenoxy) is 3. The minimum Gasteiger partial charge on any atom is -0.481 e. The second-order valence-corrected chi connectivity index (χ2v) is 6.34. The maximum absolute atomic E-state index is 12.2. The number of amides is 1. The largest absolute Gasteiger partial charge is 0.481 e. The van der Waals surface area contributed by atoms with E-state index >= 15 is 0 Å². The molecule has 6 nitrogen and oxygen atoms in total. The van der Waals surface area contributed by atoms with Crippen LogP contribution in [0.15, 0.2) is 35.4 Å². The second kappa shape index (κ2) is 7.66. The summed E-state index contributed by atoms with van der Waals surface area (Å²) in [7, 11) is 0. The molecule has 0 unspecified atom stereocenters. The van der Waals surface area contributed by atoms with Crippen molar-refractivity contribution in [3.05, 3.63) is 52.0 Å². The Hall–Kier alpha value is -2.73. The van der Waals surface area contributed by atoms with Crippen LogP contribution < -0.4 is 19.6 Å². The lowest BCUT2D eigenvalue weighted by atomic mass is 10.1. The number of fused-ring (bicyclic) bond motifs is 1. The van der Waals surface area contributed by atoms with Gasteiger partial charge in [0.2, 0.25) is 6.79 Å². The molecule has 0 aliphatic carbocycles. The molecule has 1 aliphatic heterocycles. The summed E-state index contributed by atoms with van der Waals surface area (Å²) in [6, 6.07) is 9.14. The van der Waals surface area contributed by atoms with Gasteiger partial charge in [0.15, 0.2) is 17.6 Å². The molecule has 7 heteroatoms. The lowest BCUT2D eigenvalue weighted by Gasteiger charge is -2.15. The fraction of sp³-hybridized carbons (Fsp3) is 0.263. The van der Waals surface area contributed by atoms with E-state index in [-0.39, 0.29) is 12.7 Å². The van der Waals surface area contributed by atoms with Gasteiger partial charge in [-0.25, -0.2) is 5.43 Å². The number of nitrogens with zero attached hydrogens (tertiary/aromatic N) is 1. The molecule has 0 spiro atoms. The van der Waals surface area contributed by atoms with Crippen molar-refractivity contribution in [1.82, 2.24) is 5.43 Å². The van der Waals surface area contributed by atoms with E-state index in [2.05, 4.69) is 10.5 Å². The third-order valence-corrected chi connectivity index (χ3v) is 4.35. The number of hydrogen-bond acceptors (Lipinski definition) is 5. The van der Waals surface area contributed by atoms with Gasteiger partial charge >= 0.3 is 0 Å². The van der Waals surface area contributed by atoms with Crippen molar-refractivity contribution in [2.75, 3.05) is 6.79 Å². The molecule has 0 fully saturated rings. The molecular weight excluding hydrogens is 356 g/mol. The lowest BCUT2D eigenvalue weighted by Crippen LogP contribution is -2.33. The SMILES string of the molecule is Cc1cccc(O[C@@H](C)C(=O)N/N=C\c2cc(Cl)c3c(c2)OCO3)c1C. The highest BCUT2D eigenvalue weighted by atomic mass is 35.5. The number of rotatable bonds is 5. The summed E-state index contributed by atoms with van der Waals surface area (Å²) in [5.74, 6) is 1.40. The Morgan fingerprint density at radius 2 is 2.15 bits per heavy atom. The summed E-state index contributed by atoms with van der Waals surface area (Å²) in [6.07, 6.45) is 0.795. The van der Waals surface area contributed by atoms with E-state index in [0.29, 0.717) is 27.8 Å². The Bertz CT molecular complexity index is 867. The van der Waals surface area contributed by atoms with Crippen LogP contribution in [0.1, 0.15) is 23.6 Å². The van der Waals surface area contributed by atoms with Crippen LogP contribution in [-0.4, -0.2) is 25.0 Å². The minimum absolute atomic E-state index is 0.139. The van der Waals surface area contributed by atoms with Crippen molar-refractivity contribution in [2.24, 2.45) is 5.10 Å². The van der Waals surface area contributed by atoms with Crippen molar-refractivity contribution >= 4 is 23.7 Å². The third kappa shape index (κ3) is 3.91. The van der Waals surface area contributed by atoms with E-state index in [4.69, 9.17) is 25.8 Å². The van der Waals surface area contributed by atoms with Crippen LogP contribution >= 0.6 is 11.6 Å². The molecule has 1 heterocycles. The molecule has 0 bridgehead atoms. The van der Waals surface area contributed by atoms with Crippen molar-refractivity contribution in [2.45, 2.75) is 26.9 Å². The third-order valence-electron chi connectivity index (χ3n) is 4.07. The van der Waals surface area contributed by atoms with Gasteiger partial charge in [-0.3, -0.25) is 4.79 Å². The van der Waals surface area contributed by atoms with Crippen LogP contribution in [-0.2, 0) is 4.79 Å². The van der Waals surface area contributed by atoms with Gasteiger partial charge in [-0.15, -0.1) is 0 Å². The maximum Gasteiger partial charge on any atom is 0.280 e. The molecule has 0 saturated carbocycles. The monoisotopic (exact) mass is 374 g/mol. The van der Waals surface area contributed by atoms with Crippen LogP contribution in [0.3, 0.4) is 0 Å². The number of benzene rings is 2. The highest BCUT2D eigenvalue weighted by Gasteiger charge is 2.18. The molecule has 0 aromatic heterocycles. The molecule has 3 rings (SSSR count). The van der Waals surface area contributed by atoms with Gasteiger partial charge in [0.1, 0.15) is 5.75 Å². The predicted molar refractivity (Wildman–Crippen MR) is 99.3 cm³/mol. The average molecular weight is 375 g/mol. The van der Waals surface area contributed by atoms with Crippen LogP contribution in [0.4, 0.5) is 0 Å². The average Bonchev–Trinajstić information content (AvgIpc) is 3.08. The fourth-order valence-electron chi connectivity index (χ4n) is 2.42. The van der Waals surface area contributed by atoms with Crippen molar-refractivity contribution < 1.29 is 19.0 Å². The Kier molecular flexibility index (Phi) is 5.32. The van der Waals surface area contributed by atoms with Crippen molar-refractivity contribution in [1.29, 1.82) is 0 Å². The molecular formula is C19H19ClN2O4. The summed E-state index contributed by atoms with van der Waals surface area (Å²) in [4.78, 5) is 12.2. The van der Waals surface area contributed by atoms with E-state index in [1.165, 1.54) is 6.21 Å². The van der Waals surface area contributed by atoms with Gasteiger partial charge in [-0.05, 0) is 55.7 Å². The van der Waals surface area contributed by atoms with Crippen LogP contribution in [0.2, 0.25) is 5.02 Å². The Morgan fingerprint density at radius 3 is 2.96 bits per heavy atom. The first-order valence-corrected chi connectivity index (χ1v) is 8.48. The quantitative estimate of drug-likeness (QED) is 0.641. The zero-order valence-electron chi connectivity index (χ0n) is 14.7. The highest BCUT2D eigenvalue weighted by molar-refractivity contribution is 6.32. The van der Waals surface area contributed by atoms with Gasteiger partial charge in [0.25, 0.3) is 5.91 Å². The van der Waals surface area contributed by atoms with E-state index in [1.54, 1.807) is 19.1 Å². The first kappa shape index (κ1) is 18.1. The molecule has 2 aromatic carbocycles. The van der Waals surface area contributed by atoms with E-state index < -0.39 is 6.10 Å². The number of halogens is 1. The normalized spacial score (nSPS) is 13.7. The lowest BCUT2D eigenvalue weighted by molar-refractivity contribution is -0.127. The van der Waals surface area contributed by atoms with Crippen LogP contribution in [0.5, 0.6) is 17.2 Å². The zero-order chi connectivity index (χ0) is 18.7. The van der Waals surface area contributed by atoms with Gasteiger partial charge in [-0.1, -0.05) is 23.7 Å². The summed E-state index contributed by atoms with van der Waals surface area (Å²) >= 11 is 6.11. The molecule has 136 valence electrons. The second-order valence-electron chi connectivity index (χ2n) is 5.93. The van der Waals surface area contributed by atoms with Gasteiger partial charge in [-0.2, -0.15) is 5.10 Å². The van der Waals surface area contributed by atoms with E-state index in [0.717, 1.165) is 11.1 Å². The van der Waals surface area contributed by atoms with E-state index in [1.807, 2.05) is 32.0 Å².